The Morgan fingerprint density at radius 2 is 1.94 bits per heavy atom. The van der Waals surface area contributed by atoms with Gasteiger partial charge in [0.15, 0.2) is 0 Å². The number of aliphatic hydroxyl groups excluding tert-OH is 1. The molecule has 2 amide bonds. The van der Waals surface area contributed by atoms with Crippen molar-refractivity contribution >= 4 is 33.6 Å². The number of ether oxygens (including phenoxy) is 2. The van der Waals surface area contributed by atoms with Crippen LogP contribution in [0.2, 0.25) is 0 Å². The monoisotopic (exact) mass is 490 g/mol. The summed E-state index contributed by atoms with van der Waals surface area (Å²) in [6.07, 6.45) is 5.35. The summed E-state index contributed by atoms with van der Waals surface area (Å²) in [4.78, 5) is 36.5. The Hall–Kier alpha value is -2.46. The van der Waals surface area contributed by atoms with Crippen molar-refractivity contribution in [3.8, 4) is 5.88 Å². The van der Waals surface area contributed by atoms with E-state index in [0.717, 1.165) is 54.3 Å². The molecule has 0 saturated heterocycles. The summed E-state index contributed by atoms with van der Waals surface area (Å²) in [5.41, 5.74) is 5.86. The molecule has 0 unspecified atom stereocenters. The predicted octanol–water partition coefficient (Wildman–Crippen LogP) is 3.51. The fourth-order valence-corrected chi connectivity index (χ4v) is 6.17. The molecule has 1 saturated carbocycles. The fraction of sp³-hybridized carbons (Fsp3) is 0.667. The molecule has 2 heterocycles. The van der Waals surface area contributed by atoms with Crippen LogP contribution in [0.5, 0.6) is 5.88 Å². The first-order valence-electron chi connectivity index (χ1n) is 11.9. The maximum absolute atomic E-state index is 12.4. The lowest BCUT2D eigenvalue weighted by molar-refractivity contribution is -0.126. The van der Waals surface area contributed by atoms with E-state index in [4.69, 9.17) is 15.2 Å². The summed E-state index contributed by atoms with van der Waals surface area (Å²) in [7, 11) is 1.79. The minimum Gasteiger partial charge on any atom is -0.474 e. The molecular formula is C24H34N4O5S. The molecule has 0 aliphatic heterocycles. The number of aromatic nitrogens is 2. The van der Waals surface area contributed by atoms with E-state index in [1.165, 1.54) is 11.2 Å². The highest BCUT2D eigenvalue weighted by Crippen LogP contribution is 2.47. The highest BCUT2D eigenvalue weighted by atomic mass is 32.1. The van der Waals surface area contributed by atoms with Crippen LogP contribution >= 0.6 is 11.3 Å². The highest BCUT2D eigenvalue weighted by molar-refractivity contribution is 7.19. The number of fused-ring (bicyclic) bond motifs is 3. The Labute approximate surface area is 203 Å². The zero-order valence-electron chi connectivity index (χ0n) is 20.2. The molecule has 0 bridgehead atoms. The summed E-state index contributed by atoms with van der Waals surface area (Å²) >= 11 is 1.63. The molecule has 186 valence electrons. The molecule has 3 N–H and O–H groups in total. The number of aryl methyl sites for hydroxylation is 1. The van der Waals surface area contributed by atoms with Gasteiger partial charge in [-0.05, 0) is 77.2 Å². The first-order valence-corrected chi connectivity index (χ1v) is 12.7. The first kappa shape index (κ1) is 24.7. The Morgan fingerprint density at radius 1 is 1.24 bits per heavy atom. The van der Waals surface area contributed by atoms with Gasteiger partial charge in [0.1, 0.15) is 29.0 Å². The van der Waals surface area contributed by atoms with Crippen molar-refractivity contribution in [2.45, 2.75) is 95.5 Å². The van der Waals surface area contributed by atoms with Gasteiger partial charge < -0.3 is 25.2 Å². The molecule has 0 radical (unpaired) electrons. The first-order chi connectivity index (χ1) is 16.0. The summed E-state index contributed by atoms with van der Waals surface area (Å²) in [5, 5.41) is 11.0. The van der Waals surface area contributed by atoms with Crippen LogP contribution in [0.15, 0.2) is 6.33 Å². The van der Waals surface area contributed by atoms with Crippen LogP contribution in [0.4, 0.5) is 4.79 Å². The summed E-state index contributed by atoms with van der Waals surface area (Å²) in [6, 6.07) is 0.116. The molecule has 2 aliphatic rings. The van der Waals surface area contributed by atoms with Gasteiger partial charge in [0, 0.05) is 18.0 Å². The summed E-state index contributed by atoms with van der Waals surface area (Å²) in [5.74, 6) is -0.112. The number of amides is 2. The van der Waals surface area contributed by atoms with Crippen molar-refractivity contribution in [2.24, 2.45) is 5.73 Å². The van der Waals surface area contributed by atoms with E-state index in [1.54, 1.807) is 23.3 Å². The third kappa shape index (κ3) is 5.27. The Bertz CT molecular complexity index is 1060. The van der Waals surface area contributed by atoms with Crippen LogP contribution < -0.4 is 10.5 Å². The third-order valence-electron chi connectivity index (χ3n) is 6.68. The van der Waals surface area contributed by atoms with Gasteiger partial charge in [-0.1, -0.05) is 0 Å². The quantitative estimate of drug-likeness (QED) is 0.634. The van der Waals surface area contributed by atoms with E-state index in [0.29, 0.717) is 12.3 Å². The van der Waals surface area contributed by atoms with Gasteiger partial charge in [-0.15, -0.1) is 11.3 Å². The second kappa shape index (κ2) is 9.65. The molecule has 0 aromatic carbocycles. The van der Waals surface area contributed by atoms with Crippen LogP contribution in [0.25, 0.3) is 10.2 Å². The van der Waals surface area contributed by atoms with Crippen molar-refractivity contribution < 1.29 is 24.2 Å². The minimum atomic E-state index is -1.17. The molecular weight excluding hydrogens is 456 g/mol. The molecule has 4 rings (SSSR count). The SMILES string of the molecule is CN(C(=O)OC(C)(C)C)C1CCC(Oc2ncnc3sc4c(c23)[C@@H](C[C@H](O)C(N)=O)CC4)CC1. The van der Waals surface area contributed by atoms with Gasteiger partial charge in [0.2, 0.25) is 11.8 Å². The van der Waals surface area contributed by atoms with Crippen molar-refractivity contribution in [2.75, 3.05) is 7.05 Å². The molecule has 2 atom stereocenters. The third-order valence-corrected chi connectivity index (χ3v) is 7.86. The normalized spacial score (nSPS) is 23.4. The number of hydrogen-bond donors (Lipinski definition) is 2. The molecule has 10 heteroatoms. The van der Waals surface area contributed by atoms with Gasteiger partial charge in [-0.2, -0.15) is 0 Å². The van der Waals surface area contributed by atoms with E-state index in [2.05, 4.69) is 9.97 Å². The van der Waals surface area contributed by atoms with Crippen molar-refractivity contribution in [3.63, 3.8) is 0 Å². The highest BCUT2D eigenvalue weighted by Gasteiger charge is 2.34. The number of rotatable bonds is 6. The van der Waals surface area contributed by atoms with Gasteiger partial charge in [-0.25, -0.2) is 14.8 Å². The van der Waals surface area contributed by atoms with Crippen LogP contribution in [0.3, 0.4) is 0 Å². The van der Waals surface area contributed by atoms with E-state index >= 15 is 0 Å². The molecule has 9 nitrogen and oxygen atoms in total. The zero-order valence-corrected chi connectivity index (χ0v) is 21.1. The second-order valence-electron chi connectivity index (χ2n) is 10.3. The van der Waals surface area contributed by atoms with Crippen LogP contribution in [0, 0.1) is 0 Å². The minimum absolute atomic E-state index is 0.00648. The zero-order chi connectivity index (χ0) is 24.6. The molecule has 1 fully saturated rings. The van der Waals surface area contributed by atoms with E-state index in [-0.39, 0.29) is 24.2 Å². The molecule has 2 aromatic rings. The van der Waals surface area contributed by atoms with Crippen molar-refractivity contribution in [1.29, 1.82) is 0 Å². The van der Waals surface area contributed by atoms with Crippen molar-refractivity contribution in [1.82, 2.24) is 14.9 Å². The number of primary amides is 1. The smallest absolute Gasteiger partial charge is 0.410 e. The molecule has 2 aliphatic carbocycles. The molecule has 0 spiro atoms. The number of carbonyl (C=O) groups excluding carboxylic acids is 2. The second-order valence-corrected chi connectivity index (χ2v) is 11.4. The Balaban J connectivity index is 1.45. The average molecular weight is 491 g/mol. The Morgan fingerprint density at radius 3 is 2.59 bits per heavy atom. The largest absolute Gasteiger partial charge is 0.474 e. The van der Waals surface area contributed by atoms with Gasteiger partial charge in [0.25, 0.3) is 0 Å². The maximum atomic E-state index is 12.4. The summed E-state index contributed by atoms with van der Waals surface area (Å²) < 4.78 is 11.9. The molecule has 34 heavy (non-hydrogen) atoms. The van der Waals surface area contributed by atoms with Gasteiger partial charge in [-0.3, -0.25) is 4.79 Å². The lowest BCUT2D eigenvalue weighted by atomic mass is 9.92. The number of aliphatic hydroxyl groups is 1. The predicted molar refractivity (Wildman–Crippen MR) is 129 cm³/mol. The maximum Gasteiger partial charge on any atom is 0.410 e. The number of hydrogen-bond acceptors (Lipinski definition) is 8. The number of carbonyl (C=O) groups is 2. The topological polar surface area (TPSA) is 128 Å². The number of thiophene rings is 1. The summed E-state index contributed by atoms with van der Waals surface area (Å²) in [6.45, 7) is 5.60. The standard InChI is InChI=1S/C24H34N4O5S/c1-24(2,3)33-23(31)28(4)14-6-8-15(9-7-14)32-21-19-18-13(11-16(29)20(25)30)5-10-17(18)34-22(19)27-12-26-21/h12-16,29H,5-11H2,1-4H3,(H2,25,30)/t13-,14?,15?,16+/m1/s1. The van der Waals surface area contributed by atoms with Crippen molar-refractivity contribution in [3.05, 3.63) is 16.8 Å². The van der Waals surface area contributed by atoms with E-state index in [1.807, 2.05) is 20.8 Å². The Kier molecular flexibility index (Phi) is 7.00. The molecule has 2 aromatic heterocycles. The van der Waals surface area contributed by atoms with Gasteiger partial charge >= 0.3 is 6.09 Å². The van der Waals surface area contributed by atoms with Crippen LogP contribution in [-0.4, -0.2) is 62.9 Å². The average Bonchev–Trinajstić information content (AvgIpc) is 3.32. The van der Waals surface area contributed by atoms with E-state index in [9.17, 15) is 14.7 Å². The number of nitrogens with zero attached hydrogens (tertiary/aromatic N) is 3. The fourth-order valence-electron chi connectivity index (χ4n) is 4.94. The lowest BCUT2D eigenvalue weighted by Gasteiger charge is -2.35. The van der Waals surface area contributed by atoms with E-state index < -0.39 is 17.6 Å². The van der Waals surface area contributed by atoms with Crippen LogP contribution in [0.1, 0.15) is 75.7 Å². The lowest BCUT2D eigenvalue weighted by Crippen LogP contribution is -2.43. The van der Waals surface area contributed by atoms with Gasteiger partial charge in [0.05, 0.1) is 5.39 Å². The number of nitrogens with two attached hydrogens (primary N) is 1. The van der Waals surface area contributed by atoms with Crippen LogP contribution in [-0.2, 0) is 16.0 Å².